The predicted molar refractivity (Wildman–Crippen MR) is 67.1 cm³/mol. The number of ether oxygens (including phenoxy) is 1. The summed E-state index contributed by atoms with van der Waals surface area (Å²) in [5.74, 6) is -1.96. The molecule has 1 nitrogen and oxygen atoms in total. The number of rotatable bonds is 4. The largest absolute Gasteiger partial charge is 0.435 e. The Hall–Kier alpha value is -1.75. The Morgan fingerprint density at radius 3 is 2.00 bits per heavy atom. The van der Waals surface area contributed by atoms with Crippen LogP contribution in [0.2, 0.25) is 0 Å². The van der Waals surface area contributed by atoms with E-state index in [0.717, 1.165) is 12.1 Å². The maximum atomic E-state index is 13.1. The van der Waals surface area contributed by atoms with Gasteiger partial charge in [0, 0.05) is 0 Å². The highest BCUT2D eigenvalue weighted by molar-refractivity contribution is 6.22. The second kappa shape index (κ2) is 6.13. The van der Waals surface area contributed by atoms with Crippen molar-refractivity contribution in [2.75, 3.05) is 0 Å². The van der Waals surface area contributed by atoms with Crippen LogP contribution in [0.5, 0.6) is 5.75 Å². The van der Waals surface area contributed by atoms with E-state index >= 15 is 0 Å². The molecule has 0 saturated carbocycles. The molecule has 1 unspecified atom stereocenters. The minimum atomic E-state index is -2.90. The third-order valence-corrected chi connectivity index (χ3v) is 3.14. The molecule has 6 heteroatoms. The van der Waals surface area contributed by atoms with Crippen LogP contribution < -0.4 is 4.74 Å². The van der Waals surface area contributed by atoms with Crippen molar-refractivity contribution in [3.63, 3.8) is 0 Å². The van der Waals surface area contributed by atoms with Crippen molar-refractivity contribution in [3.05, 3.63) is 65.2 Å². The van der Waals surface area contributed by atoms with E-state index in [0.29, 0.717) is 11.1 Å². The molecule has 0 N–H and O–H groups in total. The lowest BCUT2D eigenvalue weighted by atomic mass is 10.0. The first-order chi connectivity index (χ1) is 9.47. The van der Waals surface area contributed by atoms with Gasteiger partial charge in [-0.1, -0.05) is 18.2 Å². The standard InChI is InChI=1S/C14H9ClF4O/c15-13(9-3-6-11(16)12(17)7-9)8-1-4-10(5-2-8)20-14(18)19/h1-7,13-14H. The molecule has 0 fully saturated rings. The Labute approximate surface area is 117 Å². The molecule has 0 aliphatic carbocycles. The average Bonchev–Trinajstić information content (AvgIpc) is 2.41. The quantitative estimate of drug-likeness (QED) is 0.577. The van der Waals surface area contributed by atoms with Gasteiger partial charge in [-0.2, -0.15) is 8.78 Å². The van der Waals surface area contributed by atoms with Crippen molar-refractivity contribution in [2.45, 2.75) is 12.0 Å². The molecular formula is C14H9ClF4O. The van der Waals surface area contributed by atoms with Crippen LogP contribution in [0.1, 0.15) is 16.5 Å². The van der Waals surface area contributed by atoms with E-state index in [-0.39, 0.29) is 5.75 Å². The molecule has 106 valence electrons. The lowest BCUT2D eigenvalue weighted by Gasteiger charge is -2.12. The molecule has 0 radical (unpaired) electrons. The summed E-state index contributed by atoms with van der Waals surface area (Å²) >= 11 is 6.14. The summed E-state index contributed by atoms with van der Waals surface area (Å²) in [6, 6.07) is 8.96. The first kappa shape index (κ1) is 14.7. The van der Waals surface area contributed by atoms with E-state index in [9.17, 15) is 17.6 Å². The third-order valence-electron chi connectivity index (χ3n) is 2.63. The molecule has 0 aliphatic heterocycles. The van der Waals surface area contributed by atoms with E-state index in [1.807, 2.05) is 0 Å². The minimum absolute atomic E-state index is 0.00194. The highest BCUT2D eigenvalue weighted by Gasteiger charge is 2.14. The van der Waals surface area contributed by atoms with Crippen LogP contribution in [0, 0.1) is 11.6 Å². The topological polar surface area (TPSA) is 9.23 Å². The van der Waals surface area contributed by atoms with Crippen molar-refractivity contribution < 1.29 is 22.3 Å². The summed E-state index contributed by atoms with van der Waals surface area (Å²) in [6.07, 6.45) is 0. The average molecular weight is 305 g/mol. The van der Waals surface area contributed by atoms with E-state index in [2.05, 4.69) is 4.74 Å². The third kappa shape index (κ3) is 3.42. The molecule has 0 saturated heterocycles. The fourth-order valence-electron chi connectivity index (χ4n) is 1.68. The van der Waals surface area contributed by atoms with Crippen LogP contribution in [0.25, 0.3) is 0 Å². The Morgan fingerprint density at radius 1 is 0.850 bits per heavy atom. The second-order valence-corrected chi connectivity index (χ2v) is 4.42. The predicted octanol–water partition coefficient (Wildman–Crippen LogP) is 4.89. The molecule has 0 amide bonds. The summed E-state index contributed by atoms with van der Waals surface area (Å²) in [6.45, 7) is -2.90. The van der Waals surface area contributed by atoms with Gasteiger partial charge < -0.3 is 4.74 Å². The lowest BCUT2D eigenvalue weighted by molar-refractivity contribution is -0.0498. The van der Waals surface area contributed by atoms with Gasteiger partial charge in [0.2, 0.25) is 0 Å². The van der Waals surface area contributed by atoms with E-state index in [1.165, 1.54) is 30.3 Å². The molecule has 1 atom stereocenters. The first-order valence-electron chi connectivity index (χ1n) is 5.61. The van der Waals surface area contributed by atoms with Crippen molar-refractivity contribution >= 4 is 11.6 Å². The van der Waals surface area contributed by atoms with Crippen LogP contribution in [0.4, 0.5) is 17.6 Å². The Balaban J connectivity index is 2.20. The monoisotopic (exact) mass is 304 g/mol. The van der Waals surface area contributed by atoms with Gasteiger partial charge in [0.05, 0.1) is 5.38 Å². The SMILES string of the molecule is Fc1ccc(C(Cl)c2ccc(OC(F)F)cc2)cc1F. The summed E-state index contributed by atoms with van der Waals surface area (Å²) in [5.41, 5.74) is 0.924. The highest BCUT2D eigenvalue weighted by Crippen LogP contribution is 2.30. The summed E-state index contributed by atoms with van der Waals surface area (Å²) in [4.78, 5) is 0. The lowest BCUT2D eigenvalue weighted by Crippen LogP contribution is -2.02. The van der Waals surface area contributed by atoms with Crippen LogP contribution >= 0.6 is 11.6 Å². The van der Waals surface area contributed by atoms with E-state index < -0.39 is 23.6 Å². The van der Waals surface area contributed by atoms with Crippen LogP contribution in [0.15, 0.2) is 42.5 Å². The fourth-order valence-corrected chi connectivity index (χ4v) is 1.96. The fraction of sp³-hybridized carbons (Fsp3) is 0.143. The number of halogens is 5. The number of hydrogen-bond acceptors (Lipinski definition) is 1. The zero-order valence-electron chi connectivity index (χ0n) is 9.99. The highest BCUT2D eigenvalue weighted by atomic mass is 35.5. The molecule has 20 heavy (non-hydrogen) atoms. The maximum Gasteiger partial charge on any atom is 0.387 e. The van der Waals surface area contributed by atoms with Gasteiger partial charge >= 0.3 is 6.61 Å². The van der Waals surface area contributed by atoms with Crippen molar-refractivity contribution in [2.24, 2.45) is 0 Å². The molecule has 0 spiro atoms. The van der Waals surface area contributed by atoms with Crippen molar-refractivity contribution in [1.29, 1.82) is 0 Å². The van der Waals surface area contributed by atoms with Gasteiger partial charge in [0.15, 0.2) is 11.6 Å². The minimum Gasteiger partial charge on any atom is -0.435 e. The van der Waals surface area contributed by atoms with Crippen LogP contribution in [0.3, 0.4) is 0 Å². The van der Waals surface area contributed by atoms with E-state index in [1.54, 1.807) is 0 Å². The summed E-state index contributed by atoms with van der Waals surface area (Å²) in [7, 11) is 0. The maximum absolute atomic E-state index is 13.1. The molecule has 0 bridgehead atoms. The van der Waals surface area contributed by atoms with Gasteiger partial charge in [-0.05, 0) is 35.4 Å². The molecule has 0 aliphatic rings. The van der Waals surface area contributed by atoms with Gasteiger partial charge in [0.1, 0.15) is 5.75 Å². The number of hydrogen-bond donors (Lipinski definition) is 0. The first-order valence-corrected chi connectivity index (χ1v) is 6.05. The Kier molecular flexibility index (Phi) is 4.49. The normalized spacial score (nSPS) is 12.5. The van der Waals surface area contributed by atoms with Crippen molar-refractivity contribution in [1.82, 2.24) is 0 Å². The van der Waals surface area contributed by atoms with E-state index in [4.69, 9.17) is 11.6 Å². The van der Waals surface area contributed by atoms with Crippen LogP contribution in [-0.2, 0) is 0 Å². The summed E-state index contributed by atoms with van der Waals surface area (Å²) in [5, 5.41) is -0.717. The number of benzene rings is 2. The number of alkyl halides is 3. The van der Waals surface area contributed by atoms with Crippen molar-refractivity contribution in [3.8, 4) is 5.75 Å². The zero-order chi connectivity index (χ0) is 14.7. The smallest absolute Gasteiger partial charge is 0.387 e. The molecule has 0 aromatic heterocycles. The van der Waals surface area contributed by atoms with Gasteiger partial charge in [0.25, 0.3) is 0 Å². The Morgan fingerprint density at radius 2 is 1.45 bits per heavy atom. The van der Waals surface area contributed by atoms with Gasteiger partial charge in [-0.15, -0.1) is 11.6 Å². The second-order valence-electron chi connectivity index (χ2n) is 3.98. The van der Waals surface area contributed by atoms with Gasteiger partial charge in [-0.25, -0.2) is 8.78 Å². The Bertz CT molecular complexity index is 586. The zero-order valence-corrected chi connectivity index (χ0v) is 10.8. The molecule has 2 aromatic carbocycles. The molecule has 2 aromatic rings. The summed E-state index contributed by atoms with van der Waals surface area (Å²) < 4.78 is 54.2. The molecular weight excluding hydrogens is 296 g/mol. The van der Waals surface area contributed by atoms with Gasteiger partial charge in [-0.3, -0.25) is 0 Å². The molecule has 0 heterocycles. The van der Waals surface area contributed by atoms with Crippen LogP contribution in [-0.4, -0.2) is 6.61 Å². The molecule has 2 rings (SSSR count).